The molecular weight excluding hydrogens is 311 g/mol. The number of benzene rings is 1. The van der Waals surface area contributed by atoms with Crippen molar-refractivity contribution >= 4 is 5.91 Å². The van der Waals surface area contributed by atoms with Crippen LogP contribution in [0.3, 0.4) is 0 Å². The number of likely N-dealkylation sites (tertiary alicyclic amines) is 1. The van der Waals surface area contributed by atoms with Gasteiger partial charge in [0.25, 0.3) is 0 Å². The average molecular weight is 336 g/mol. The molecule has 0 saturated carbocycles. The fraction of sp³-hybridized carbons (Fsp3) is 0.611. The van der Waals surface area contributed by atoms with E-state index in [4.69, 9.17) is 4.74 Å². The summed E-state index contributed by atoms with van der Waals surface area (Å²) in [6.07, 6.45) is 2.31. The Balaban J connectivity index is 1.52. The standard InChI is InChI=1S/C18H25FN2O3/c19-15-5-2-1-4-13(15)10-20-18(23)11-21-8-3-6-16(21)14-12-24-9-7-17(14)22/h1-2,4-5,14,16-17,22H,3,6-12H2,(H,20,23)/t14-,16-,17-/m1/s1. The van der Waals surface area contributed by atoms with Gasteiger partial charge in [0.15, 0.2) is 0 Å². The number of carbonyl (C=O) groups excluding carboxylic acids is 1. The quantitative estimate of drug-likeness (QED) is 0.851. The third-order valence-corrected chi connectivity index (χ3v) is 5.05. The maximum Gasteiger partial charge on any atom is 0.234 e. The number of halogens is 1. The molecule has 0 unspecified atom stereocenters. The summed E-state index contributed by atoms with van der Waals surface area (Å²) in [7, 11) is 0. The molecule has 0 aliphatic carbocycles. The molecule has 5 nitrogen and oxygen atoms in total. The molecule has 3 atom stereocenters. The summed E-state index contributed by atoms with van der Waals surface area (Å²) >= 11 is 0. The highest BCUT2D eigenvalue weighted by atomic mass is 19.1. The fourth-order valence-corrected chi connectivity index (χ4v) is 3.73. The summed E-state index contributed by atoms with van der Waals surface area (Å²) < 4.78 is 19.1. The number of aliphatic hydroxyl groups is 1. The molecule has 1 aromatic carbocycles. The Kier molecular flexibility index (Phi) is 5.81. The lowest BCUT2D eigenvalue weighted by molar-refractivity contribution is -0.124. The monoisotopic (exact) mass is 336 g/mol. The molecule has 1 aromatic rings. The van der Waals surface area contributed by atoms with Crippen LogP contribution in [-0.2, 0) is 16.1 Å². The highest BCUT2D eigenvalue weighted by Crippen LogP contribution is 2.29. The predicted molar refractivity (Wildman–Crippen MR) is 87.8 cm³/mol. The number of nitrogens with zero attached hydrogens (tertiary/aromatic N) is 1. The van der Waals surface area contributed by atoms with E-state index in [0.717, 1.165) is 19.4 Å². The van der Waals surface area contributed by atoms with Gasteiger partial charge in [-0.15, -0.1) is 0 Å². The first-order valence-electron chi connectivity index (χ1n) is 8.65. The third-order valence-electron chi connectivity index (χ3n) is 5.05. The number of hydrogen-bond donors (Lipinski definition) is 2. The van der Waals surface area contributed by atoms with Gasteiger partial charge in [0, 0.05) is 30.7 Å². The van der Waals surface area contributed by atoms with Gasteiger partial charge < -0.3 is 15.2 Å². The predicted octanol–water partition coefficient (Wildman–Crippen LogP) is 1.30. The summed E-state index contributed by atoms with van der Waals surface area (Å²) in [5.74, 6) is -0.351. The zero-order valence-corrected chi connectivity index (χ0v) is 13.8. The minimum Gasteiger partial charge on any atom is -0.393 e. The van der Waals surface area contributed by atoms with Crippen LogP contribution < -0.4 is 5.32 Å². The van der Waals surface area contributed by atoms with Crippen LogP contribution in [0.4, 0.5) is 4.39 Å². The first-order valence-corrected chi connectivity index (χ1v) is 8.65. The molecule has 0 aromatic heterocycles. The second-order valence-corrected chi connectivity index (χ2v) is 6.64. The Labute approximate surface area is 141 Å². The van der Waals surface area contributed by atoms with E-state index in [-0.39, 0.29) is 42.9 Å². The number of hydrogen-bond acceptors (Lipinski definition) is 4. The molecule has 0 spiro atoms. The van der Waals surface area contributed by atoms with E-state index in [1.165, 1.54) is 6.07 Å². The van der Waals surface area contributed by atoms with Crippen molar-refractivity contribution in [2.24, 2.45) is 5.92 Å². The van der Waals surface area contributed by atoms with E-state index < -0.39 is 0 Å². The average Bonchev–Trinajstić information content (AvgIpc) is 3.02. The van der Waals surface area contributed by atoms with Crippen LogP contribution in [0.1, 0.15) is 24.8 Å². The molecule has 0 radical (unpaired) electrons. The Bertz CT molecular complexity index is 569. The Morgan fingerprint density at radius 3 is 3.00 bits per heavy atom. The van der Waals surface area contributed by atoms with E-state index in [1.807, 2.05) is 0 Å². The molecule has 2 heterocycles. The van der Waals surface area contributed by atoms with Crippen molar-refractivity contribution in [2.75, 3.05) is 26.3 Å². The summed E-state index contributed by atoms with van der Waals surface area (Å²) in [5.41, 5.74) is 0.486. The van der Waals surface area contributed by atoms with Gasteiger partial charge in [-0.05, 0) is 31.9 Å². The molecule has 24 heavy (non-hydrogen) atoms. The Morgan fingerprint density at radius 2 is 2.21 bits per heavy atom. The van der Waals surface area contributed by atoms with E-state index in [9.17, 15) is 14.3 Å². The zero-order valence-electron chi connectivity index (χ0n) is 13.8. The van der Waals surface area contributed by atoms with Crippen molar-refractivity contribution in [2.45, 2.75) is 38.0 Å². The molecule has 3 rings (SSSR count). The van der Waals surface area contributed by atoms with Crippen molar-refractivity contribution in [1.82, 2.24) is 10.2 Å². The smallest absolute Gasteiger partial charge is 0.234 e. The van der Waals surface area contributed by atoms with Crippen molar-refractivity contribution in [3.63, 3.8) is 0 Å². The van der Waals surface area contributed by atoms with E-state index in [2.05, 4.69) is 10.2 Å². The largest absolute Gasteiger partial charge is 0.393 e. The number of aliphatic hydroxyl groups excluding tert-OH is 1. The van der Waals surface area contributed by atoms with Crippen LogP contribution in [0, 0.1) is 11.7 Å². The number of nitrogens with one attached hydrogen (secondary N) is 1. The van der Waals surface area contributed by atoms with Gasteiger partial charge in [-0.3, -0.25) is 9.69 Å². The minimum absolute atomic E-state index is 0.0700. The lowest BCUT2D eigenvalue weighted by Gasteiger charge is -2.36. The van der Waals surface area contributed by atoms with Crippen molar-refractivity contribution in [3.05, 3.63) is 35.6 Å². The highest BCUT2D eigenvalue weighted by molar-refractivity contribution is 5.78. The molecule has 2 aliphatic heterocycles. The number of amides is 1. The van der Waals surface area contributed by atoms with Gasteiger partial charge in [-0.2, -0.15) is 0 Å². The van der Waals surface area contributed by atoms with Crippen LogP contribution in [0.25, 0.3) is 0 Å². The first-order chi connectivity index (χ1) is 11.6. The SMILES string of the molecule is O=C(CN1CCC[C@@H]1[C@H]1COCC[C@H]1O)NCc1ccccc1F. The molecule has 6 heteroatoms. The minimum atomic E-state index is -0.356. The summed E-state index contributed by atoms with van der Waals surface area (Å²) in [5, 5.41) is 13.0. The molecule has 0 bridgehead atoms. The second kappa shape index (κ2) is 8.05. The van der Waals surface area contributed by atoms with Crippen molar-refractivity contribution < 1.29 is 19.0 Å². The normalized spacial score (nSPS) is 28.0. The van der Waals surface area contributed by atoms with Gasteiger partial charge in [0.05, 0.1) is 19.3 Å². The summed E-state index contributed by atoms with van der Waals surface area (Å²) in [6.45, 7) is 2.48. The van der Waals surface area contributed by atoms with E-state index in [0.29, 0.717) is 25.2 Å². The van der Waals surface area contributed by atoms with Crippen LogP contribution in [0.2, 0.25) is 0 Å². The molecule has 2 saturated heterocycles. The zero-order chi connectivity index (χ0) is 16.9. The van der Waals surface area contributed by atoms with Gasteiger partial charge in [0.1, 0.15) is 5.82 Å². The maximum absolute atomic E-state index is 13.6. The fourth-order valence-electron chi connectivity index (χ4n) is 3.73. The Hall–Kier alpha value is -1.50. The van der Waals surface area contributed by atoms with Crippen LogP contribution in [0.15, 0.2) is 24.3 Å². The molecule has 132 valence electrons. The van der Waals surface area contributed by atoms with Gasteiger partial charge in [-0.25, -0.2) is 4.39 Å². The van der Waals surface area contributed by atoms with Gasteiger partial charge >= 0.3 is 0 Å². The number of ether oxygens (including phenoxy) is 1. The van der Waals surface area contributed by atoms with Crippen molar-refractivity contribution in [3.8, 4) is 0 Å². The van der Waals surface area contributed by atoms with Crippen LogP contribution in [0.5, 0.6) is 0 Å². The molecule has 2 aliphatic rings. The summed E-state index contributed by atoms with van der Waals surface area (Å²) in [4.78, 5) is 14.3. The highest BCUT2D eigenvalue weighted by Gasteiger charge is 2.38. The third kappa shape index (κ3) is 4.12. The van der Waals surface area contributed by atoms with Gasteiger partial charge in [-0.1, -0.05) is 18.2 Å². The lowest BCUT2D eigenvalue weighted by atomic mass is 9.89. The van der Waals surface area contributed by atoms with Crippen LogP contribution >= 0.6 is 0 Å². The summed E-state index contributed by atoms with van der Waals surface area (Å²) in [6, 6.07) is 6.63. The number of carbonyl (C=O) groups is 1. The van der Waals surface area contributed by atoms with E-state index in [1.54, 1.807) is 18.2 Å². The maximum atomic E-state index is 13.6. The molecule has 2 fully saturated rings. The van der Waals surface area contributed by atoms with Crippen molar-refractivity contribution in [1.29, 1.82) is 0 Å². The van der Waals surface area contributed by atoms with Gasteiger partial charge in [0.2, 0.25) is 5.91 Å². The van der Waals surface area contributed by atoms with E-state index >= 15 is 0 Å². The number of rotatable bonds is 5. The Morgan fingerprint density at radius 1 is 1.38 bits per heavy atom. The molecule has 1 amide bonds. The molecule has 2 N–H and O–H groups in total. The second-order valence-electron chi connectivity index (χ2n) is 6.64. The molecular formula is C18H25FN2O3. The lowest BCUT2D eigenvalue weighted by Crippen LogP contribution is -2.48. The topological polar surface area (TPSA) is 61.8 Å². The first kappa shape index (κ1) is 17.3. The van der Waals surface area contributed by atoms with Crippen LogP contribution in [-0.4, -0.2) is 54.4 Å².